The molecule has 0 radical (unpaired) electrons. The number of hydrogen-bond acceptors (Lipinski definition) is 2. The van der Waals surface area contributed by atoms with Gasteiger partial charge in [-0.2, -0.15) is 0 Å². The molecule has 0 bridgehead atoms. The van der Waals surface area contributed by atoms with Crippen molar-refractivity contribution in [2.24, 2.45) is 0 Å². The Hall–Kier alpha value is -1.06. The van der Waals surface area contributed by atoms with Gasteiger partial charge >= 0.3 is 0 Å². The number of piperazine rings is 1. The maximum atomic E-state index is 2.72. The van der Waals surface area contributed by atoms with Gasteiger partial charge in [-0.3, -0.25) is 4.90 Å². The molecule has 2 atom stereocenters. The molecular formula is C22H30Cl2N2. The van der Waals surface area contributed by atoms with Crippen molar-refractivity contribution in [3.8, 4) is 0 Å². The topological polar surface area (TPSA) is 6.48 Å². The van der Waals surface area contributed by atoms with Crippen LogP contribution in [0.25, 0.3) is 0 Å². The Morgan fingerprint density at radius 1 is 0.846 bits per heavy atom. The molecule has 1 fully saturated rings. The van der Waals surface area contributed by atoms with Gasteiger partial charge in [-0.05, 0) is 29.7 Å². The second-order valence-electron chi connectivity index (χ2n) is 7.26. The largest absolute Gasteiger partial charge is 0.300 e. The summed E-state index contributed by atoms with van der Waals surface area (Å²) in [6.45, 7) is 8.32. The van der Waals surface area contributed by atoms with Gasteiger partial charge < -0.3 is 4.90 Å². The molecule has 4 rings (SSSR count). The molecule has 0 aliphatic carbocycles. The molecule has 2 aliphatic heterocycles. The van der Waals surface area contributed by atoms with Crippen molar-refractivity contribution < 1.29 is 0 Å². The monoisotopic (exact) mass is 392 g/mol. The molecule has 0 N–H and O–H groups in total. The SMILES string of the molecule is CCCCN1CCN2C[C@@H](c3ccccc3)c3ccccc3[C@H]2C1.Cl.Cl. The fourth-order valence-electron chi connectivity index (χ4n) is 4.41. The van der Waals surface area contributed by atoms with E-state index in [9.17, 15) is 0 Å². The molecule has 2 heterocycles. The first-order valence-electron chi connectivity index (χ1n) is 9.47. The average Bonchev–Trinajstić information content (AvgIpc) is 2.66. The van der Waals surface area contributed by atoms with Gasteiger partial charge in [0.1, 0.15) is 0 Å². The highest BCUT2D eigenvalue weighted by Gasteiger charge is 2.36. The molecule has 2 aliphatic rings. The summed E-state index contributed by atoms with van der Waals surface area (Å²) in [6.07, 6.45) is 2.61. The fraction of sp³-hybridized carbons (Fsp3) is 0.455. The zero-order chi connectivity index (χ0) is 16.4. The second kappa shape index (κ2) is 9.75. The highest BCUT2D eigenvalue weighted by Crippen LogP contribution is 2.40. The van der Waals surface area contributed by atoms with Crippen LogP contribution in [0, 0.1) is 0 Å². The first-order chi connectivity index (χ1) is 11.9. The molecule has 2 nitrogen and oxygen atoms in total. The number of nitrogens with zero attached hydrogens (tertiary/aromatic N) is 2. The van der Waals surface area contributed by atoms with Crippen molar-refractivity contribution in [1.82, 2.24) is 9.80 Å². The van der Waals surface area contributed by atoms with Crippen LogP contribution in [0.15, 0.2) is 54.6 Å². The van der Waals surface area contributed by atoms with Gasteiger partial charge in [-0.25, -0.2) is 0 Å². The standard InChI is InChI=1S/C22H28N2.2ClH/c1-2-3-13-23-14-15-24-16-21(18-9-5-4-6-10-18)19-11-7-8-12-20(19)22(24)17-23;;/h4-12,21-22H,2-3,13-17H2,1H3;2*1H/t21-,22+;;/m0../s1. The number of fused-ring (bicyclic) bond motifs is 3. The predicted octanol–water partition coefficient (Wildman–Crippen LogP) is 5.13. The summed E-state index contributed by atoms with van der Waals surface area (Å²) in [5.74, 6) is 0.515. The molecule has 0 saturated carbocycles. The maximum Gasteiger partial charge on any atom is 0.0479 e. The minimum absolute atomic E-state index is 0. The van der Waals surface area contributed by atoms with E-state index < -0.39 is 0 Å². The summed E-state index contributed by atoms with van der Waals surface area (Å²) in [7, 11) is 0. The molecule has 2 aromatic rings. The van der Waals surface area contributed by atoms with E-state index in [0.717, 1.165) is 6.54 Å². The molecular weight excluding hydrogens is 363 g/mol. The highest BCUT2D eigenvalue weighted by molar-refractivity contribution is 5.85. The third-order valence-electron chi connectivity index (χ3n) is 5.75. The van der Waals surface area contributed by atoms with Crippen LogP contribution in [-0.4, -0.2) is 42.5 Å². The first kappa shape index (κ1) is 21.2. The summed E-state index contributed by atoms with van der Waals surface area (Å²) in [5, 5.41) is 0. The van der Waals surface area contributed by atoms with E-state index in [1.165, 1.54) is 44.6 Å². The first-order valence-corrected chi connectivity index (χ1v) is 9.47. The predicted molar refractivity (Wildman–Crippen MR) is 115 cm³/mol. The fourth-order valence-corrected chi connectivity index (χ4v) is 4.41. The molecule has 2 aromatic carbocycles. The lowest BCUT2D eigenvalue weighted by Crippen LogP contribution is -2.51. The highest BCUT2D eigenvalue weighted by atomic mass is 35.5. The van der Waals surface area contributed by atoms with E-state index in [1.807, 2.05) is 0 Å². The lowest BCUT2D eigenvalue weighted by molar-refractivity contribution is 0.0620. The van der Waals surface area contributed by atoms with E-state index in [0.29, 0.717) is 12.0 Å². The Morgan fingerprint density at radius 2 is 1.54 bits per heavy atom. The maximum absolute atomic E-state index is 2.72. The van der Waals surface area contributed by atoms with Gasteiger partial charge in [0.15, 0.2) is 0 Å². The van der Waals surface area contributed by atoms with Crippen molar-refractivity contribution in [1.29, 1.82) is 0 Å². The number of benzene rings is 2. The number of unbranched alkanes of at least 4 members (excludes halogenated alkanes) is 1. The molecule has 4 heteroatoms. The van der Waals surface area contributed by atoms with Crippen LogP contribution in [-0.2, 0) is 0 Å². The van der Waals surface area contributed by atoms with E-state index in [-0.39, 0.29) is 24.8 Å². The number of halogens is 2. The molecule has 1 saturated heterocycles. The van der Waals surface area contributed by atoms with Crippen LogP contribution in [0.2, 0.25) is 0 Å². The van der Waals surface area contributed by atoms with Gasteiger partial charge in [0.25, 0.3) is 0 Å². The zero-order valence-corrected chi connectivity index (χ0v) is 17.1. The van der Waals surface area contributed by atoms with Gasteiger partial charge in [-0.1, -0.05) is 67.9 Å². The Kier molecular flexibility index (Phi) is 7.97. The zero-order valence-electron chi connectivity index (χ0n) is 15.5. The van der Waals surface area contributed by atoms with Crippen LogP contribution in [0.4, 0.5) is 0 Å². The van der Waals surface area contributed by atoms with Gasteiger partial charge in [0.05, 0.1) is 0 Å². The normalized spacial score (nSPS) is 22.5. The van der Waals surface area contributed by atoms with Crippen molar-refractivity contribution >= 4 is 24.8 Å². The second-order valence-corrected chi connectivity index (χ2v) is 7.26. The minimum atomic E-state index is 0. The lowest BCUT2D eigenvalue weighted by Gasteiger charge is -2.47. The summed E-state index contributed by atoms with van der Waals surface area (Å²) >= 11 is 0. The van der Waals surface area contributed by atoms with E-state index in [1.54, 1.807) is 11.1 Å². The van der Waals surface area contributed by atoms with Crippen LogP contribution >= 0.6 is 24.8 Å². The number of hydrogen-bond donors (Lipinski definition) is 0. The third-order valence-corrected chi connectivity index (χ3v) is 5.75. The lowest BCUT2D eigenvalue weighted by atomic mass is 9.80. The van der Waals surface area contributed by atoms with Gasteiger partial charge in [-0.15, -0.1) is 24.8 Å². The quantitative estimate of drug-likeness (QED) is 0.710. The van der Waals surface area contributed by atoms with E-state index in [4.69, 9.17) is 0 Å². The van der Waals surface area contributed by atoms with Crippen molar-refractivity contribution in [2.45, 2.75) is 31.7 Å². The molecule has 26 heavy (non-hydrogen) atoms. The summed E-state index contributed by atoms with van der Waals surface area (Å²) in [4.78, 5) is 5.40. The van der Waals surface area contributed by atoms with E-state index >= 15 is 0 Å². The average molecular weight is 393 g/mol. The molecule has 0 unspecified atom stereocenters. The summed E-state index contributed by atoms with van der Waals surface area (Å²) in [5.41, 5.74) is 4.55. The van der Waals surface area contributed by atoms with Crippen molar-refractivity contribution in [3.05, 3.63) is 71.3 Å². The van der Waals surface area contributed by atoms with E-state index in [2.05, 4.69) is 71.3 Å². The molecule has 142 valence electrons. The molecule has 0 spiro atoms. The summed E-state index contributed by atoms with van der Waals surface area (Å²) < 4.78 is 0. The Labute approximate surface area is 170 Å². The van der Waals surface area contributed by atoms with Gasteiger partial charge in [0.2, 0.25) is 0 Å². The van der Waals surface area contributed by atoms with Crippen LogP contribution in [0.1, 0.15) is 48.4 Å². The Morgan fingerprint density at radius 3 is 2.27 bits per heavy atom. The molecule has 0 aromatic heterocycles. The minimum Gasteiger partial charge on any atom is -0.300 e. The third kappa shape index (κ3) is 4.26. The van der Waals surface area contributed by atoms with Crippen molar-refractivity contribution in [2.75, 3.05) is 32.7 Å². The van der Waals surface area contributed by atoms with Crippen LogP contribution in [0.5, 0.6) is 0 Å². The Balaban J connectivity index is 0.00000121. The smallest absolute Gasteiger partial charge is 0.0479 e. The van der Waals surface area contributed by atoms with Crippen LogP contribution < -0.4 is 0 Å². The van der Waals surface area contributed by atoms with Gasteiger partial charge in [0, 0.05) is 38.1 Å². The molecule has 0 amide bonds. The Bertz CT molecular complexity index is 677. The van der Waals surface area contributed by atoms with Crippen molar-refractivity contribution in [3.63, 3.8) is 0 Å². The van der Waals surface area contributed by atoms with Crippen LogP contribution in [0.3, 0.4) is 0 Å². The number of rotatable bonds is 4. The summed E-state index contributed by atoms with van der Waals surface area (Å²) in [6, 6.07) is 20.8.